The van der Waals surface area contributed by atoms with Crippen molar-refractivity contribution < 1.29 is 9.47 Å². The number of nitrogens with zero attached hydrogens (tertiary/aromatic N) is 6. The maximum Gasteiger partial charge on any atom is 0.241 e. The fourth-order valence-corrected chi connectivity index (χ4v) is 5.09. The highest BCUT2D eigenvalue weighted by Crippen LogP contribution is 2.32. The van der Waals surface area contributed by atoms with Gasteiger partial charge in [0.2, 0.25) is 5.95 Å². The molecule has 2 fully saturated rings. The standard InChI is InChI=1S/C24H29N7O2/c1-3-33-19-11-17(12-19)28-24-26-14-22-20(4-7-30(22)29-24)16-10-21-23(25-13-16)27-15(2)31(21)18-5-8-32-9-6-18/h4,7,10,13-14,17-19H,3,5-6,8-9,11-12H2,1-2H3,(H,28,29). The molecule has 0 aromatic carbocycles. The van der Waals surface area contributed by atoms with Gasteiger partial charge in [0.15, 0.2) is 5.65 Å². The average Bonchev–Trinajstić information content (AvgIpc) is 3.37. The Kier molecular flexibility index (Phi) is 5.22. The minimum absolute atomic E-state index is 0.357. The van der Waals surface area contributed by atoms with Gasteiger partial charge < -0.3 is 19.4 Å². The van der Waals surface area contributed by atoms with Crippen LogP contribution in [0.4, 0.5) is 5.95 Å². The second-order valence-corrected chi connectivity index (χ2v) is 8.97. The molecule has 1 saturated carbocycles. The van der Waals surface area contributed by atoms with Crippen LogP contribution in [0, 0.1) is 6.92 Å². The lowest BCUT2D eigenvalue weighted by Crippen LogP contribution is -2.41. The average molecular weight is 448 g/mol. The van der Waals surface area contributed by atoms with E-state index in [1.165, 1.54) is 0 Å². The summed E-state index contributed by atoms with van der Waals surface area (Å²) < 4.78 is 15.4. The van der Waals surface area contributed by atoms with Crippen molar-refractivity contribution in [3.8, 4) is 11.1 Å². The fraction of sp³-hybridized carbons (Fsp3) is 0.500. The predicted octanol–water partition coefficient (Wildman–Crippen LogP) is 3.78. The molecule has 9 heteroatoms. The molecule has 0 amide bonds. The molecule has 33 heavy (non-hydrogen) atoms. The van der Waals surface area contributed by atoms with Crippen molar-refractivity contribution in [2.45, 2.75) is 57.7 Å². The molecule has 2 aliphatic rings. The third kappa shape index (κ3) is 3.75. The summed E-state index contributed by atoms with van der Waals surface area (Å²) in [6.45, 7) is 6.45. The molecule has 1 aliphatic heterocycles. The Bertz CT molecular complexity index is 1280. The van der Waals surface area contributed by atoms with Crippen molar-refractivity contribution in [2.24, 2.45) is 0 Å². The summed E-state index contributed by atoms with van der Waals surface area (Å²) in [7, 11) is 0. The van der Waals surface area contributed by atoms with Crippen LogP contribution in [0.3, 0.4) is 0 Å². The first-order valence-corrected chi connectivity index (χ1v) is 11.8. The van der Waals surface area contributed by atoms with Gasteiger partial charge in [-0.15, -0.1) is 5.10 Å². The van der Waals surface area contributed by atoms with E-state index in [1.807, 2.05) is 30.0 Å². The summed E-state index contributed by atoms with van der Waals surface area (Å²) in [6, 6.07) is 5.04. The van der Waals surface area contributed by atoms with E-state index in [2.05, 4.69) is 44.0 Å². The van der Waals surface area contributed by atoms with E-state index in [1.54, 1.807) is 0 Å². The van der Waals surface area contributed by atoms with Crippen LogP contribution in [0.5, 0.6) is 0 Å². The smallest absolute Gasteiger partial charge is 0.241 e. The van der Waals surface area contributed by atoms with E-state index < -0.39 is 0 Å². The second-order valence-electron chi connectivity index (χ2n) is 8.97. The van der Waals surface area contributed by atoms with Crippen LogP contribution in [0.1, 0.15) is 44.5 Å². The first-order chi connectivity index (χ1) is 16.2. The highest BCUT2D eigenvalue weighted by atomic mass is 16.5. The third-order valence-electron chi connectivity index (χ3n) is 6.84. The van der Waals surface area contributed by atoms with Gasteiger partial charge in [0, 0.05) is 55.4 Å². The fourth-order valence-electron chi connectivity index (χ4n) is 5.09. The molecule has 172 valence electrons. The van der Waals surface area contributed by atoms with Crippen molar-refractivity contribution in [3.63, 3.8) is 0 Å². The van der Waals surface area contributed by atoms with E-state index in [0.29, 0.717) is 24.1 Å². The molecule has 5 heterocycles. The summed E-state index contributed by atoms with van der Waals surface area (Å²) in [4.78, 5) is 14.0. The number of fused-ring (bicyclic) bond motifs is 2. The normalized spacial score (nSPS) is 21.5. The molecule has 4 aromatic rings. The second kappa shape index (κ2) is 8.39. The summed E-state index contributed by atoms with van der Waals surface area (Å²) >= 11 is 0. The molecule has 1 aliphatic carbocycles. The van der Waals surface area contributed by atoms with Gasteiger partial charge in [-0.25, -0.2) is 19.5 Å². The number of hydrogen-bond acceptors (Lipinski definition) is 7. The van der Waals surface area contributed by atoms with Crippen molar-refractivity contribution in [3.05, 3.63) is 36.5 Å². The van der Waals surface area contributed by atoms with Crippen molar-refractivity contribution >= 4 is 22.6 Å². The molecule has 0 unspecified atom stereocenters. The summed E-state index contributed by atoms with van der Waals surface area (Å²) in [5, 5.41) is 8.09. The maximum absolute atomic E-state index is 5.64. The molecule has 6 rings (SSSR count). The molecule has 0 atom stereocenters. The lowest BCUT2D eigenvalue weighted by atomic mass is 9.89. The topological polar surface area (TPSA) is 91.4 Å². The van der Waals surface area contributed by atoms with E-state index in [0.717, 1.165) is 79.1 Å². The number of aryl methyl sites for hydroxylation is 1. The lowest BCUT2D eigenvalue weighted by Gasteiger charge is -2.35. The van der Waals surface area contributed by atoms with Gasteiger partial charge in [0.05, 0.1) is 23.3 Å². The first kappa shape index (κ1) is 20.6. The molecular formula is C24H29N7O2. The van der Waals surface area contributed by atoms with Gasteiger partial charge >= 0.3 is 0 Å². The zero-order valence-corrected chi connectivity index (χ0v) is 19.1. The third-order valence-corrected chi connectivity index (χ3v) is 6.84. The number of pyridine rings is 1. The zero-order chi connectivity index (χ0) is 22.4. The minimum atomic E-state index is 0.357. The van der Waals surface area contributed by atoms with E-state index >= 15 is 0 Å². The molecule has 9 nitrogen and oxygen atoms in total. The van der Waals surface area contributed by atoms with Crippen LogP contribution >= 0.6 is 0 Å². The van der Waals surface area contributed by atoms with Gasteiger partial charge in [-0.3, -0.25) is 0 Å². The van der Waals surface area contributed by atoms with E-state index in [9.17, 15) is 0 Å². The zero-order valence-electron chi connectivity index (χ0n) is 19.1. The number of anilines is 1. The maximum atomic E-state index is 5.64. The Balaban J connectivity index is 1.29. The Morgan fingerprint density at radius 3 is 2.82 bits per heavy atom. The van der Waals surface area contributed by atoms with Gasteiger partial charge in [0.1, 0.15) is 5.82 Å². The Labute approximate surface area is 192 Å². The van der Waals surface area contributed by atoms with Crippen LogP contribution in [0.15, 0.2) is 30.7 Å². The summed E-state index contributed by atoms with van der Waals surface area (Å²) in [5.41, 5.74) is 4.93. The molecule has 1 saturated heterocycles. The number of rotatable bonds is 6. The molecule has 0 spiro atoms. The van der Waals surface area contributed by atoms with Gasteiger partial charge in [-0.2, -0.15) is 0 Å². The number of ether oxygens (including phenoxy) is 2. The molecule has 1 N–H and O–H groups in total. The van der Waals surface area contributed by atoms with Crippen molar-refractivity contribution in [2.75, 3.05) is 25.1 Å². The van der Waals surface area contributed by atoms with Gasteiger partial charge in [-0.05, 0) is 51.7 Å². The largest absolute Gasteiger partial charge is 0.381 e. The van der Waals surface area contributed by atoms with Crippen molar-refractivity contribution in [1.82, 2.24) is 29.1 Å². The first-order valence-electron chi connectivity index (χ1n) is 11.8. The monoisotopic (exact) mass is 447 g/mol. The number of nitrogens with one attached hydrogen (secondary N) is 1. The van der Waals surface area contributed by atoms with Crippen LogP contribution in [-0.2, 0) is 9.47 Å². The lowest BCUT2D eigenvalue weighted by molar-refractivity contribution is 0.00283. The van der Waals surface area contributed by atoms with Gasteiger partial charge in [0.25, 0.3) is 0 Å². The number of imidazole rings is 1. The van der Waals surface area contributed by atoms with Crippen LogP contribution in [-0.4, -0.2) is 61.1 Å². The Morgan fingerprint density at radius 1 is 1.15 bits per heavy atom. The Hall–Kier alpha value is -3.04. The quantitative estimate of drug-likeness (QED) is 0.481. The van der Waals surface area contributed by atoms with E-state index in [-0.39, 0.29) is 0 Å². The summed E-state index contributed by atoms with van der Waals surface area (Å²) in [6.07, 6.45) is 10.1. The highest BCUT2D eigenvalue weighted by molar-refractivity contribution is 5.85. The van der Waals surface area contributed by atoms with Crippen LogP contribution in [0.2, 0.25) is 0 Å². The molecule has 0 radical (unpaired) electrons. The number of aromatic nitrogens is 6. The SMILES string of the molecule is CCOC1CC(Nc2ncc3c(-c4cnc5nc(C)n(C6CCOCC6)c5c4)ccn3n2)C1. The molecule has 4 aromatic heterocycles. The number of hydrogen-bond donors (Lipinski definition) is 1. The molecular weight excluding hydrogens is 418 g/mol. The van der Waals surface area contributed by atoms with E-state index in [4.69, 9.17) is 14.5 Å². The van der Waals surface area contributed by atoms with Crippen LogP contribution in [0.25, 0.3) is 27.8 Å². The predicted molar refractivity (Wildman–Crippen MR) is 125 cm³/mol. The Morgan fingerprint density at radius 2 is 2.00 bits per heavy atom. The van der Waals surface area contributed by atoms with Crippen molar-refractivity contribution in [1.29, 1.82) is 0 Å². The van der Waals surface area contributed by atoms with Gasteiger partial charge in [-0.1, -0.05) is 0 Å². The minimum Gasteiger partial charge on any atom is -0.381 e. The van der Waals surface area contributed by atoms with Crippen LogP contribution < -0.4 is 5.32 Å². The summed E-state index contributed by atoms with van der Waals surface area (Å²) in [5.74, 6) is 1.65. The highest BCUT2D eigenvalue weighted by Gasteiger charge is 2.30. The molecule has 0 bridgehead atoms.